The molecule has 2 aliphatic heterocycles. The second kappa shape index (κ2) is 12.1. The van der Waals surface area contributed by atoms with Gasteiger partial charge in [-0.2, -0.15) is 0 Å². The first-order chi connectivity index (χ1) is 18.1. The van der Waals surface area contributed by atoms with E-state index in [-0.39, 0.29) is 35.7 Å². The molecule has 0 bridgehead atoms. The Hall–Kier alpha value is -2.18. The van der Waals surface area contributed by atoms with Gasteiger partial charge in [0, 0.05) is 22.9 Å². The first kappa shape index (κ1) is 31.3. The monoisotopic (exact) mass is 620 g/mol. The van der Waals surface area contributed by atoms with E-state index in [2.05, 4.69) is 5.32 Å². The van der Waals surface area contributed by atoms with E-state index in [1.54, 1.807) is 12.1 Å². The number of amides is 2. The molecule has 0 aromatic heterocycles. The molecule has 3 rings (SSSR count). The minimum absolute atomic E-state index is 0.0246. The second-order valence-corrected chi connectivity index (χ2v) is 13.6. The van der Waals surface area contributed by atoms with Crippen molar-refractivity contribution in [1.82, 2.24) is 10.2 Å². The Bertz CT molecular complexity index is 1180. The molecule has 2 amide bonds. The number of thioether (sulfide) groups is 1. The van der Waals surface area contributed by atoms with Crippen LogP contribution in [-0.4, -0.2) is 79.3 Å². The largest absolute Gasteiger partial charge is 0.461 e. The molecule has 0 radical (unpaired) electrons. The van der Waals surface area contributed by atoms with Crippen molar-refractivity contribution in [2.24, 2.45) is 11.3 Å². The van der Waals surface area contributed by atoms with Crippen molar-refractivity contribution in [3.05, 3.63) is 35.4 Å². The maximum absolute atomic E-state index is 13.2. The summed E-state index contributed by atoms with van der Waals surface area (Å²) >= 11 is 18.3. The zero-order chi connectivity index (χ0) is 29.3. The third-order valence-corrected chi connectivity index (χ3v) is 9.06. The van der Waals surface area contributed by atoms with Crippen LogP contribution in [0, 0.1) is 11.3 Å². The number of aliphatic hydroxyl groups is 1. The van der Waals surface area contributed by atoms with E-state index in [9.17, 15) is 33.9 Å². The van der Waals surface area contributed by atoms with E-state index in [0.717, 1.165) is 11.8 Å². The standard InChI is InChI=1S/C25H27Cl3N2O8S/c1-12(32)16(13(2)33)8-17-24(3,23(37)38-11-25(26,27)28)10-30-21(36)18(22(30)39-17)29-20(35)19(34)15-7-5-4-6-14(15)9-31/h4-7,9,16-19,22,34H,8,10-11H2,1-3H3,(H,29,35)/t17?,18?,19?,22-,24?/m1/s1. The molecule has 2 fully saturated rings. The van der Waals surface area contributed by atoms with Crippen LogP contribution >= 0.6 is 46.6 Å². The number of nitrogens with one attached hydrogen (secondary N) is 1. The van der Waals surface area contributed by atoms with Crippen LogP contribution in [0.2, 0.25) is 0 Å². The lowest BCUT2D eigenvalue weighted by atomic mass is 9.78. The van der Waals surface area contributed by atoms with E-state index in [0.29, 0.717) is 6.29 Å². The number of alkyl halides is 3. The fourth-order valence-corrected chi connectivity index (χ4v) is 6.59. The highest BCUT2D eigenvalue weighted by Gasteiger charge is 2.60. The van der Waals surface area contributed by atoms with Crippen molar-refractivity contribution in [2.75, 3.05) is 13.2 Å². The molecular formula is C25H27Cl3N2O8S. The van der Waals surface area contributed by atoms with Gasteiger partial charge in [-0.1, -0.05) is 59.1 Å². The lowest BCUT2D eigenvalue weighted by molar-refractivity contribution is -0.164. The van der Waals surface area contributed by atoms with Gasteiger partial charge in [0.05, 0.1) is 11.3 Å². The second-order valence-electron chi connectivity index (χ2n) is 9.74. The molecule has 2 aliphatic rings. The molecule has 4 unspecified atom stereocenters. The summed E-state index contributed by atoms with van der Waals surface area (Å²) in [7, 11) is 0. The third kappa shape index (κ3) is 6.77. The molecule has 2 heterocycles. The van der Waals surface area contributed by atoms with E-state index >= 15 is 0 Å². The number of carbonyl (C=O) groups is 6. The SMILES string of the molecule is CC(=O)C(CC1S[C@@H]2C(NC(=O)C(O)c3ccccc3C=O)C(=O)N2CC1(C)C(=O)OCC(Cl)(Cl)Cl)C(C)=O. The Labute approximate surface area is 244 Å². The Kier molecular flexibility index (Phi) is 9.76. The van der Waals surface area contributed by atoms with E-state index in [1.807, 2.05) is 0 Å². The predicted octanol–water partition coefficient (Wildman–Crippen LogP) is 2.41. The summed E-state index contributed by atoms with van der Waals surface area (Å²) in [6.45, 7) is 3.40. The van der Waals surface area contributed by atoms with Gasteiger partial charge in [0.2, 0.25) is 9.70 Å². The highest BCUT2D eigenvalue weighted by atomic mass is 35.6. The normalized spacial score (nSPS) is 25.3. The lowest BCUT2D eigenvalue weighted by Crippen LogP contribution is -2.75. The Morgan fingerprint density at radius 2 is 1.85 bits per heavy atom. The van der Waals surface area contributed by atoms with Gasteiger partial charge in [-0.3, -0.25) is 28.8 Å². The summed E-state index contributed by atoms with van der Waals surface area (Å²) in [6, 6.07) is 4.94. The van der Waals surface area contributed by atoms with Crippen LogP contribution in [0.15, 0.2) is 24.3 Å². The van der Waals surface area contributed by atoms with Crippen LogP contribution in [0.25, 0.3) is 0 Å². The molecule has 10 nitrogen and oxygen atoms in total. The zero-order valence-electron chi connectivity index (χ0n) is 21.2. The Morgan fingerprint density at radius 3 is 2.41 bits per heavy atom. The van der Waals surface area contributed by atoms with Crippen molar-refractivity contribution in [3.63, 3.8) is 0 Å². The van der Waals surface area contributed by atoms with Crippen LogP contribution < -0.4 is 5.32 Å². The topological polar surface area (TPSA) is 147 Å². The van der Waals surface area contributed by atoms with Gasteiger partial charge in [-0.25, -0.2) is 0 Å². The number of ether oxygens (including phenoxy) is 1. The van der Waals surface area contributed by atoms with E-state index in [1.165, 1.54) is 37.8 Å². The summed E-state index contributed by atoms with van der Waals surface area (Å²) in [5.41, 5.74) is -1.18. The van der Waals surface area contributed by atoms with Crippen molar-refractivity contribution in [2.45, 2.75) is 53.8 Å². The van der Waals surface area contributed by atoms with Crippen LogP contribution in [0.1, 0.15) is 49.2 Å². The van der Waals surface area contributed by atoms with Gasteiger partial charge in [0.1, 0.15) is 35.9 Å². The van der Waals surface area contributed by atoms with Crippen LogP contribution in [0.3, 0.4) is 0 Å². The molecule has 1 aromatic carbocycles. The predicted molar refractivity (Wildman–Crippen MR) is 144 cm³/mol. The molecule has 5 atom stereocenters. The average Bonchev–Trinajstić information content (AvgIpc) is 2.87. The lowest BCUT2D eigenvalue weighted by Gasteiger charge is -2.56. The quantitative estimate of drug-likeness (QED) is 0.132. The molecule has 0 spiro atoms. The molecule has 2 saturated heterocycles. The number of hydrogen-bond acceptors (Lipinski definition) is 9. The van der Waals surface area contributed by atoms with Crippen molar-refractivity contribution in [1.29, 1.82) is 0 Å². The number of ketones is 2. The maximum atomic E-state index is 13.2. The zero-order valence-corrected chi connectivity index (χ0v) is 24.3. The number of Topliss-reactive ketones (excluding diaryl/α,β-unsaturated/α-hetero) is 2. The summed E-state index contributed by atoms with van der Waals surface area (Å²) in [5, 5.41) is 11.7. The number of fused-ring (bicyclic) bond motifs is 1. The smallest absolute Gasteiger partial charge is 0.314 e. The molecular weight excluding hydrogens is 595 g/mol. The summed E-state index contributed by atoms with van der Waals surface area (Å²) < 4.78 is 3.35. The molecule has 212 valence electrons. The minimum Gasteiger partial charge on any atom is -0.461 e. The van der Waals surface area contributed by atoms with Crippen LogP contribution in [0.4, 0.5) is 0 Å². The van der Waals surface area contributed by atoms with Gasteiger partial charge >= 0.3 is 5.97 Å². The number of aldehydes is 1. The number of halogens is 3. The van der Waals surface area contributed by atoms with Gasteiger partial charge in [0.15, 0.2) is 6.10 Å². The summed E-state index contributed by atoms with van der Waals surface area (Å²) in [6.07, 6.45) is -1.23. The third-order valence-electron chi connectivity index (χ3n) is 6.88. The summed E-state index contributed by atoms with van der Waals surface area (Å²) in [4.78, 5) is 76.1. The Morgan fingerprint density at radius 1 is 1.23 bits per heavy atom. The van der Waals surface area contributed by atoms with Gasteiger partial charge < -0.3 is 20.1 Å². The van der Waals surface area contributed by atoms with Crippen LogP contribution in [0.5, 0.6) is 0 Å². The number of β-lactam (4-membered cyclic amide) rings is 1. The molecule has 14 heteroatoms. The number of benzene rings is 1. The number of carbonyl (C=O) groups excluding carboxylic acids is 6. The van der Waals surface area contributed by atoms with Crippen LogP contribution in [-0.2, 0) is 28.7 Å². The molecule has 2 N–H and O–H groups in total. The number of aliphatic hydroxyl groups excluding tert-OH is 1. The van der Waals surface area contributed by atoms with E-state index < -0.39 is 62.3 Å². The number of hydrogen-bond donors (Lipinski definition) is 2. The number of rotatable bonds is 10. The fourth-order valence-electron chi connectivity index (χ4n) is 4.65. The van der Waals surface area contributed by atoms with Crippen molar-refractivity contribution < 1.29 is 38.6 Å². The molecule has 1 aromatic rings. The van der Waals surface area contributed by atoms with Gasteiger partial charge in [0.25, 0.3) is 5.91 Å². The maximum Gasteiger partial charge on any atom is 0.314 e. The average molecular weight is 622 g/mol. The van der Waals surface area contributed by atoms with Gasteiger partial charge in [-0.15, -0.1) is 11.8 Å². The highest BCUT2D eigenvalue weighted by Crippen LogP contribution is 2.50. The summed E-state index contributed by atoms with van der Waals surface area (Å²) in [5.74, 6) is -3.94. The van der Waals surface area contributed by atoms with Crippen molar-refractivity contribution in [3.8, 4) is 0 Å². The van der Waals surface area contributed by atoms with Crippen molar-refractivity contribution >= 4 is 82.2 Å². The highest BCUT2D eigenvalue weighted by molar-refractivity contribution is 8.00. The fraction of sp³-hybridized carbons (Fsp3) is 0.520. The first-order valence-corrected chi connectivity index (χ1v) is 13.9. The number of esters is 1. The molecule has 0 aliphatic carbocycles. The minimum atomic E-state index is -1.88. The Balaban J connectivity index is 1.84. The van der Waals surface area contributed by atoms with Gasteiger partial charge in [-0.05, 0) is 27.2 Å². The number of nitrogens with zero attached hydrogens (tertiary/aromatic N) is 1. The van der Waals surface area contributed by atoms with E-state index in [4.69, 9.17) is 39.5 Å². The molecule has 0 saturated carbocycles. The first-order valence-electron chi connectivity index (χ1n) is 11.8. The molecule has 39 heavy (non-hydrogen) atoms.